The van der Waals surface area contributed by atoms with Crippen LogP contribution in [0.4, 0.5) is 0 Å². The minimum absolute atomic E-state index is 0. The highest BCUT2D eigenvalue weighted by molar-refractivity contribution is 5.85. The maximum Gasteiger partial charge on any atom is 0.111 e. The molecule has 6 N–H and O–H groups in total. The number of nitrogens with one attached hydrogen (secondary N) is 1. The Morgan fingerprint density at radius 2 is 1.37 bits per heavy atom. The number of hydrogen-bond acceptors (Lipinski definition) is 7. The highest BCUT2D eigenvalue weighted by atomic mass is 35.5. The van der Waals surface area contributed by atoms with E-state index in [0.29, 0.717) is 0 Å². The van der Waals surface area contributed by atoms with Gasteiger partial charge in [-0.1, -0.05) is 0 Å². The average Bonchev–Trinajstić information content (AvgIpc) is 2.37. The summed E-state index contributed by atoms with van der Waals surface area (Å²) < 4.78 is 0. The molecule has 0 aromatic rings. The van der Waals surface area contributed by atoms with Crippen LogP contribution in [0.25, 0.3) is 0 Å². The molecule has 0 amide bonds. The summed E-state index contributed by atoms with van der Waals surface area (Å²) in [6.45, 7) is 2.76. The van der Waals surface area contributed by atoms with Crippen molar-refractivity contribution in [2.24, 2.45) is 0 Å². The van der Waals surface area contributed by atoms with Crippen LogP contribution in [0.2, 0.25) is 0 Å². The molecule has 4 unspecified atom stereocenters. The molecule has 0 aliphatic carbocycles. The van der Waals surface area contributed by atoms with E-state index in [4.69, 9.17) is 10.2 Å². The van der Waals surface area contributed by atoms with Crippen molar-refractivity contribution in [2.45, 2.75) is 24.4 Å². The molecule has 4 atom stereocenters. The maximum atomic E-state index is 9.72. The van der Waals surface area contributed by atoms with Gasteiger partial charge in [-0.15, -0.1) is 24.8 Å². The minimum atomic E-state index is -1.54. The van der Waals surface area contributed by atoms with Crippen molar-refractivity contribution in [2.75, 3.05) is 39.3 Å². The van der Waals surface area contributed by atoms with Crippen LogP contribution in [0.5, 0.6) is 0 Å². The largest absolute Gasteiger partial charge is 0.394 e. The molecule has 0 aromatic carbocycles. The zero-order valence-corrected chi connectivity index (χ0v) is 12.2. The molecule has 1 saturated heterocycles. The number of rotatable bonds is 6. The van der Waals surface area contributed by atoms with Crippen LogP contribution in [0.15, 0.2) is 0 Å². The molecular weight excluding hydrogens is 299 g/mol. The summed E-state index contributed by atoms with van der Waals surface area (Å²) in [6, 6.07) is 0. The lowest BCUT2D eigenvalue weighted by molar-refractivity contribution is -0.119. The van der Waals surface area contributed by atoms with E-state index in [9.17, 15) is 15.3 Å². The van der Waals surface area contributed by atoms with E-state index in [1.165, 1.54) is 0 Å². The van der Waals surface area contributed by atoms with Gasteiger partial charge in [0, 0.05) is 32.7 Å². The molecule has 1 aliphatic heterocycles. The van der Waals surface area contributed by atoms with Gasteiger partial charge in [0.15, 0.2) is 0 Å². The zero-order chi connectivity index (χ0) is 12.8. The highest BCUT2D eigenvalue weighted by Gasteiger charge is 2.31. The Kier molecular flexibility index (Phi) is 12.5. The third-order valence-electron chi connectivity index (χ3n) is 2.98. The van der Waals surface area contributed by atoms with E-state index in [1.54, 1.807) is 0 Å². The summed E-state index contributed by atoms with van der Waals surface area (Å²) in [6.07, 6.45) is -5.60. The molecule has 1 rings (SSSR count). The molecule has 0 bridgehead atoms. The number of aliphatic hydroxyl groups excluding tert-OH is 5. The number of aliphatic hydroxyl groups is 5. The van der Waals surface area contributed by atoms with Gasteiger partial charge in [0.25, 0.3) is 0 Å². The predicted octanol–water partition coefficient (Wildman–Crippen LogP) is -2.83. The van der Waals surface area contributed by atoms with Crippen molar-refractivity contribution < 1.29 is 25.5 Å². The van der Waals surface area contributed by atoms with Gasteiger partial charge in [-0.25, -0.2) is 0 Å². The van der Waals surface area contributed by atoms with Gasteiger partial charge in [-0.2, -0.15) is 0 Å². The topological polar surface area (TPSA) is 116 Å². The Morgan fingerprint density at radius 1 is 0.895 bits per heavy atom. The van der Waals surface area contributed by atoms with Crippen LogP contribution in [-0.2, 0) is 0 Å². The van der Waals surface area contributed by atoms with Crippen LogP contribution in [0.1, 0.15) is 0 Å². The molecule has 1 fully saturated rings. The average molecular weight is 323 g/mol. The second-order valence-corrected chi connectivity index (χ2v) is 4.35. The van der Waals surface area contributed by atoms with Crippen LogP contribution >= 0.6 is 24.8 Å². The number of halogens is 2. The van der Waals surface area contributed by atoms with Gasteiger partial charge in [0.2, 0.25) is 0 Å². The Labute approximate surface area is 125 Å². The summed E-state index contributed by atoms with van der Waals surface area (Å²) in [5, 5.41) is 49.7. The quantitative estimate of drug-likeness (QED) is 0.312. The summed E-state index contributed by atoms with van der Waals surface area (Å²) in [5.74, 6) is 0. The Balaban J connectivity index is 0. The fourth-order valence-corrected chi connectivity index (χ4v) is 1.83. The monoisotopic (exact) mass is 322 g/mol. The first kappa shape index (κ1) is 21.6. The molecule has 1 aliphatic rings. The van der Waals surface area contributed by atoms with Crippen molar-refractivity contribution in [3.8, 4) is 0 Å². The molecule has 7 nitrogen and oxygen atoms in total. The third-order valence-corrected chi connectivity index (χ3v) is 2.98. The fraction of sp³-hybridized carbons (Fsp3) is 1.00. The van der Waals surface area contributed by atoms with Crippen molar-refractivity contribution >= 4 is 24.8 Å². The lowest BCUT2D eigenvalue weighted by atomic mass is 10.0. The van der Waals surface area contributed by atoms with Crippen LogP contribution in [0, 0.1) is 0 Å². The Hall–Kier alpha value is 0.300. The van der Waals surface area contributed by atoms with Gasteiger partial charge < -0.3 is 30.8 Å². The van der Waals surface area contributed by atoms with Gasteiger partial charge in [-0.3, -0.25) is 4.90 Å². The van der Waals surface area contributed by atoms with Crippen molar-refractivity contribution in [3.63, 3.8) is 0 Å². The molecule has 0 spiro atoms. The summed E-state index contributed by atoms with van der Waals surface area (Å²) in [4.78, 5) is 1.96. The zero-order valence-electron chi connectivity index (χ0n) is 10.6. The second-order valence-electron chi connectivity index (χ2n) is 4.35. The molecule has 1 heterocycles. The fourth-order valence-electron chi connectivity index (χ4n) is 1.83. The molecule has 0 radical (unpaired) electrons. The van der Waals surface area contributed by atoms with Crippen LogP contribution in [0.3, 0.4) is 0 Å². The normalized spacial score (nSPS) is 22.6. The summed E-state index contributed by atoms with van der Waals surface area (Å²) >= 11 is 0. The molecule has 0 aromatic heterocycles. The molecular formula is C10H24Cl2N2O5. The molecule has 0 saturated carbocycles. The molecule has 19 heavy (non-hydrogen) atoms. The molecule has 118 valence electrons. The molecule has 9 heteroatoms. The summed E-state index contributed by atoms with van der Waals surface area (Å²) in [5.41, 5.74) is 0. The first-order valence-electron chi connectivity index (χ1n) is 5.82. The van der Waals surface area contributed by atoms with Gasteiger partial charge in [0.1, 0.15) is 18.3 Å². The smallest absolute Gasteiger partial charge is 0.111 e. The first-order chi connectivity index (χ1) is 8.06. The van der Waals surface area contributed by atoms with E-state index < -0.39 is 31.0 Å². The predicted molar refractivity (Wildman–Crippen MR) is 74.9 cm³/mol. The van der Waals surface area contributed by atoms with Gasteiger partial charge >= 0.3 is 0 Å². The van der Waals surface area contributed by atoms with E-state index in [1.807, 2.05) is 4.90 Å². The number of piperazine rings is 1. The number of β-amino-alcohol motifs (C(OH)–C–C–N with tert-alkyl or cyclic N) is 1. The minimum Gasteiger partial charge on any atom is -0.394 e. The third kappa shape index (κ3) is 7.03. The van der Waals surface area contributed by atoms with E-state index >= 15 is 0 Å². The SMILES string of the molecule is Cl.Cl.OCC(O)C(O)C(O)C(O)CN1CCNCC1. The Bertz CT molecular complexity index is 222. The van der Waals surface area contributed by atoms with Gasteiger partial charge in [0.05, 0.1) is 12.7 Å². The first-order valence-corrected chi connectivity index (χ1v) is 5.82. The van der Waals surface area contributed by atoms with E-state index in [-0.39, 0.29) is 31.4 Å². The van der Waals surface area contributed by atoms with Crippen LogP contribution < -0.4 is 5.32 Å². The Morgan fingerprint density at radius 3 is 1.84 bits per heavy atom. The maximum absolute atomic E-state index is 9.72. The van der Waals surface area contributed by atoms with E-state index in [0.717, 1.165) is 26.2 Å². The van der Waals surface area contributed by atoms with Crippen molar-refractivity contribution in [1.29, 1.82) is 0 Å². The highest BCUT2D eigenvalue weighted by Crippen LogP contribution is 2.07. The standard InChI is InChI=1S/C10H22N2O5.2ClH/c13-6-8(15)10(17)9(16)7(14)5-12-3-1-11-2-4-12;;/h7-11,13-17H,1-6H2;2*1H. The number of nitrogens with zero attached hydrogens (tertiary/aromatic N) is 1. The summed E-state index contributed by atoms with van der Waals surface area (Å²) in [7, 11) is 0. The van der Waals surface area contributed by atoms with E-state index in [2.05, 4.69) is 5.32 Å². The lowest BCUT2D eigenvalue weighted by Gasteiger charge is -2.32. The number of hydrogen-bond donors (Lipinski definition) is 6. The lowest BCUT2D eigenvalue weighted by Crippen LogP contribution is -2.52. The van der Waals surface area contributed by atoms with Crippen LogP contribution in [-0.4, -0.2) is 94.2 Å². The van der Waals surface area contributed by atoms with Gasteiger partial charge in [-0.05, 0) is 0 Å². The van der Waals surface area contributed by atoms with Crippen molar-refractivity contribution in [3.05, 3.63) is 0 Å². The second kappa shape index (κ2) is 11.0. The van der Waals surface area contributed by atoms with Crippen molar-refractivity contribution in [1.82, 2.24) is 10.2 Å².